The smallest absolute Gasteiger partial charge is 0.242 e. The van der Waals surface area contributed by atoms with Gasteiger partial charge in [-0.25, -0.2) is 0 Å². The zero-order valence-corrected chi connectivity index (χ0v) is 13.4. The van der Waals surface area contributed by atoms with Crippen LogP contribution in [0.25, 0.3) is 0 Å². The second kappa shape index (κ2) is 6.06. The molecule has 1 aromatic carbocycles. The summed E-state index contributed by atoms with van der Waals surface area (Å²) in [4.78, 5) is 14.0. The van der Waals surface area contributed by atoms with Gasteiger partial charge in [0.25, 0.3) is 0 Å². The maximum atomic E-state index is 12.1. The minimum atomic E-state index is 0.173. The van der Waals surface area contributed by atoms with Crippen molar-refractivity contribution >= 4 is 43.5 Å². The number of halogens is 2. The minimum Gasteiger partial charge on any atom is -0.375 e. The summed E-state index contributed by atoms with van der Waals surface area (Å²) < 4.78 is 1.96. The number of hydrogen-bond acceptors (Lipinski definition) is 2. The van der Waals surface area contributed by atoms with Gasteiger partial charge in [0.15, 0.2) is 0 Å². The van der Waals surface area contributed by atoms with Gasteiger partial charge in [-0.3, -0.25) is 4.79 Å². The molecule has 2 rings (SSSR count). The van der Waals surface area contributed by atoms with Crippen LogP contribution in [0.4, 0.5) is 5.69 Å². The summed E-state index contributed by atoms with van der Waals surface area (Å²) in [5.41, 5.74) is 0.935. The van der Waals surface area contributed by atoms with E-state index >= 15 is 0 Å². The van der Waals surface area contributed by atoms with Crippen LogP contribution in [0.5, 0.6) is 0 Å². The normalized spacial score (nSPS) is 14.4. The lowest BCUT2D eigenvalue weighted by Crippen LogP contribution is -2.37. The van der Waals surface area contributed by atoms with Crippen LogP contribution in [0.3, 0.4) is 0 Å². The highest BCUT2D eigenvalue weighted by atomic mass is 79.9. The Morgan fingerprint density at radius 1 is 1.44 bits per heavy atom. The van der Waals surface area contributed by atoms with Gasteiger partial charge >= 0.3 is 0 Å². The number of benzene rings is 1. The van der Waals surface area contributed by atoms with Gasteiger partial charge in [0.1, 0.15) is 0 Å². The Kier molecular flexibility index (Phi) is 4.67. The fraction of sp³-hybridized carbons (Fsp3) is 0.462. The molecule has 1 aliphatic carbocycles. The van der Waals surface area contributed by atoms with Crippen molar-refractivity contribution in [3.63, 3.8) is 0 Å². The monoisotopic (exact) mass is 374 g/mol. The van der Waals surface area contributed by atoms with Gasteiger partial charge in [0.05, 0.1) is 6.54 Å². The highest BCUT2D eigenvalue weighted by molar-refractivity contribution is 9.11. The molecule has 0 heterocycles. The van der Waals surface area contributed by atoms with E-state index in [0.29, 0.717) is 12.6 Å². The molecule has 0 unspecified atom stereocenters. The highest BCUT2D eigenvalue weighted by Crippen LogP contribution is 2.28. The van der Waals surface area contributed by atoms with Gasteiger partial charge in [-0.1, -0.05) is 15.9 Å². The lowest BCUT2D eigenvalue weighted by atomic mass is 10.3. The van der Waals surface area contributed by atoms with E-state index in [1.807, 2.05) is 30.0 Å². The van der Waals surface area contributed by atoms with E-state index in [-0.39, 0.29) is 5.91 Å². The van der Waals surface area contributed by atoms with Gasteiger partial charge in [0, 0.05) is 27.2 Å². The SMILES string of the molecule is CCN(C(=O)CNc1cc(Br)ccc1Br)C1CC1. The fourth-order valence-electron chi connectivity index (χ4n) is 1.93. The van der Waals surface area contributed by atoms with Crippen molar-refractivity contribution in [1.29, 1.82) is 0 Å². The van der Waals surface area contributed by atoms with Crippen LogP contribution in [0.2, 0.25) is 0 Å². The third-order valence-corrected chi connectivity index (χ3v) is 4.19. The first-order valence-corrected chi connectivity index (χ1v) is 7.68. The molecule has 18 heavy (non-hydrogen) atoms. The number of nitrogens with zero attached hydrogens (tertiary/aromatic N) is 1. The minimum absolute atomic E-state index is 0.173. The molecule has 1 N–H and O–H groups in total. The summed E-state index contributed by atoms with van der Waals surface area (Å²) in [7, 11) is 0. The molecular weight excluding hydrogens is 360 g/mol. The zero-order valence-electron chi connectivity index (χ0n) is 10.2. The number of amides is 1. The Balaban J connectivity index is 1.94. The maximum Gasteiger partial charge on any atom is 0.242 e. The van der Waals surface area contributed by atoms with E-state index in [0.717, 1.165) is 34.0 Å². The van der Waals surface area contributed by atoms with Crippen LogP contribution in [-0.4, -0.2) is 29.9 Å². The van der Waals surface area contributed by atoms with Crippen molar-refractivity contribution in [2.24, 2.45) is 0 Å². The van der Waals surface area contributed by atoms with Gasteiger partial charge < -0.3 is 10.2 Å². The van der Waals surface area contributed by atoms with Crippen molar-refractivity contribution in [3.8, 4) is 0 Å². The van der Waals surface area contributed by atoms with E-state index in [4.69, 9.17) is 0 Å². The van der Waals surface area contributed by atoms with Crippen molar-refractivity contribution in [1.82, 2.24) is 4.90 Å². The first-order chi connectivity index (χ1) is 8.61. The second-order valence-electron chi connectivity index (χ2n) is 4.39. The molecule has 0 atom stereocenters. The number of hydrogen-bond donors (Lipinski definition) is 1. The molecule has 0 spiro atoms. The molecule has 0 radical (unpaired) electrons. The average Bonchev–Trinajstić information content (AvgIpc) is 3.16. The average molecular weight is 376 g/mol. The Hall–Kier alpha value is -0.550. The topological polar surface area (TPSA) is 32.3 Å². The van der Waals surface area contributed by atoms with Gasteiger partial charge in [-0.2, -0.15) is 0 Å². The fourth-order valence-corrected chi connectivity index (χ4v) is 2.68. The molecule has 0 bridgehead atoms. The number of rotatable bonds is 5. The first-order valence-electron chi connectivity index (χ1n) is 6.10. The molecule has 0 saturated heterocycles. The predicted octanol–water partition coefficient (Wildman–Crippen LogP) is 3.63. The standard InChI is InChI=1S/C13H16Br2N2O/c1-2-17(10-4-5-10)13(18)8-16-12-7-9(14)3-6-11(12)15/h3,6-7,10,16H,2,4-5,8H2,1H3. The molecule has 1 aromatic rings. The van der Waals surface area contributed by atoms with Gasteiger partial charge in [0.2, 0.25) is 5.91 Å². The number of likely N-dealkylation sites (N-methyl/N-ethyl adjacent to an activating group) is 1. The molecule has 98 valence electrons. The lowest BCUT2D eigenvalue weighted by Gasteiger charge is -2.21. The van der Waals surface area contributed by atoms with E-state index in [2.05, 4.69) is 37.2 Å². The van der Waals surface area contributed by atoms with Crippen LogP contribution < -0.4 is 5.32 Å². The molecular formula is C13H16Br2N2O. The molecule has 1 fully saturated rings. The Labute approximate surface area is 124 Å². The van der Waals surface area contributed by atoms with Crippen LogP contribution >= 0.6 is 31.9 Å². The zero-order chi connectivity index (χ0) is 13.1. The molecule has 1 amide bonds. The molecule has 1 aliphatic rings. The third kappa shape index (κ3) is 3.48. The maximum absolute atomic E-state index is 12.1. The van der Waals surface area contributed by atoms with Crippen molar-refractivity contribution in [3.05, 3.63) is 27.1 Å². The van der Waals surface area contributed by atoms with Crippen molar-refractivity contribution < 1.29 is 4.79 Å². The summed E-state index contributed by atoms with van der Waals surface area (Å²) in [5.74, 6) is 0.173. The number of nitrogens with one attached hydrogen (secondary N) is 1. The van der Waals surface area contributed by atoms with E-state index in [1.54, 1.807) is 0 Å². The van der Waals surface area contributed by atoms with Crippen LogP contribution in [0.1, 0.15) is 19.8 Å². The van der Waals surface area contributed by atoms with E-state index in [9.17, 15) is 4.79 Å². The Morgan fingerprint density at radius 3 is 2.78 bits per heavy atom. The van der Waals surface area contributed by atoms with Crippen LogP contribution in [0, 0.1) is 0 Å². The quantitative estimate of drug-likeness (QED) is 0.852. The lowest BCUT2D eigenvalue weighted by molar-refractivity contribution is -0.129. The molecule has 0 aromatic heterocycles. The summed E-state index contributed by atoms with van der Waals surface area (Å²) in [5, 5.41) is 3.18. The predicted molar refractivity (Wildman–Crippen MR) is 80.7 cm³/mol. The summed E-state index contributed by atoms with van der Waals surface area (Å²) in [6.45, 7) is 3.18. The summed E-state index contributed by atoms with van der Waals surface area (Å²) in [6.07, 6.45) is 2.31. The first kappa shape index (κ1) is 13.9. The van der Waals surface area contributed by atoms with E-state index in [1.165, 1.54) is 0 Å². The van der Waals surface area contributed by atoms with Crippen molar-refractivity contribution in [2.75, 3.05) is 18.4 Å². The molecule has 0 aliphatic heterocycles. The summed E-state index contributed by atoms with van der Waals surface area (Å²) >= 11 is 6.89. The molecule has 3 nitrogen and oxygen atoms in total. The van der Waals surface area contributed by atoms with Crippen LogP contribution in [-0.2, 0) is 4.79 Å². The highest BCUT2D eigenvalue weighted by Gasteiger charge is 2.30. The Morgan fingerprint density at radius 2 is 2.17 bits per heavy atom. The molecule has 1 saturated carbocycles. The Bertz CT molecular complexity index is 447. The number of carbonyl (C=O) groups excluding carboxylic acids is 1. The van der Waals surface area contributed by atoms with E-state index < -0.39 is 0 Å². The second-order valence-corrected chi connectivity index (χ2v) is 6.16. The largest absolute Gasteiger partial charge is 0.375 e. The third-order valence-electron chi connectivity index (χ3n) is 3.01. The van der Waals surface area contributed by atoms with Crippen molar-refractivity contribution in [2.45, 2.75) is 25.8 Å². The van der Waals surface area contributed by atoms with Gasteiger partial charge in [-0.15, -0.1) is 0 Å². The van der Waals surface area contributed by atoms with Crippen LogP contribution in [0.15, 0.2) is 27.1 Å². The number of anilines is 1. The number of carbonyl (C=O) groups is 1. The van der Waals surface area contributed by atoms with Gasteiger partial charge in [-0.05, 0) is 53.9 Å². The molecule has 5 heteroatoms. The summed E-state index contributed by atoms with van der Waals surface area (Å²) in [6, 6.07) is 6.36.